The number of ether oxygens (including phenoxy) is 3. The molecule has 20 heavy (non-hydrogen) atoms. The van der Waals surface area contributed by atoms with Crippen LogP contribution < -0.4 is 0 Å². The Morgan fingerprint density at radius 2 is 1.60 bits per heavy atom. The quantitative estimate of drug-likeness (QED) is 0.829. The van der Waals surface area contributed by atoms with Gasteiger partial charge in [-0.15, -0.1) is 0 Å². The lowest BCUT2D eigenvalue weighted by atomic mass is 9.96. The fraction of sp³-hybridized carbons (Fsp3) is 0.647. The Labute approximate surface area is 121 Å². The number of hydrogen-bond acceptors (Lipinski definition) is 3. The Hall–Kier alpha value is -0.900. The van der Waals surface area contributed by atoms with E-state index in [4.69, 9.17) is 14.2 Å². The Bertz CT molecular complexity index is 412. The van der Waals surface area contributed by atoms with E-state index < -0.39 is 0 Å². The lowest BCUT2D eigenvalue weighted by molar-refractivity contribution is -0.230. The van der Waals surface area contributed by atoms with Gasteiger partial charge >= 0.3 is 0 Å². The summed E-state index contributed by atoms with van der Waals surface area (Å²) in [5.74, 6) is 0.750. The lowest BCUT2D eigenvalue weighted by Gasteiger charge is -2.37. The van der Waals surface area contributed by atoms with Gasteiger partial charge in [0.25, 0.3) is 0 Å². The summed E-state index contributed by atoms with van der Waals surface area (Å²) in [6, 6.07) is 8.66. The molecule has 0 amide bonds. The van der Waals surface area contributed by atoms with Crippen molar-refractivity contribution in [1.29, 1.82) is 0 Å². The molecule has 0 saturated carbocycles. The van der Waals surface area contributed by atoms with Crippen LogP contribution in [0.5, 0.6) is 0 Å². The van der Waals surface area contributed by atoms with Crippen LogP contribution in [-0.2, 0) is 14.2 Å². The Morgan fingerprint density at radius 1 is 0.900 bits per heavy atom. The average molecular weight is 276 g/mol. The molecule has 0 aliphatic carbocycles. The van der Waals surface area contributed by atoms with Crippen molar-refractivity contribution in [1.82, 2.24) is 0 Å². The highest BCUT2D eigenvalue weighted by Crippen LogP contribution is 2.29. The third-order valence-electron chi connectivity index (χ3n) is 4.40. The second kappa shape index (κ2) is 6.25. The van der Waals surface area contributed by atoms with Gasteiger partial charge in [0.2, 0.25) is 0 Å². The molecule has 3 heteroatoms. The zero-order chi connectivity index (χ0) is 13.9. The van der Waals surface area contributed by atoms with Crippen LogP contribution in [0.25, 0.3) is 0 Å². The molecule has 0 bridgehead atoms. The van der Waals surface area contributed by atoms with Gasteiger partial charge in [-0.2, -0.15) is 0 Å². The van der Waals surface area contributed by atoms with Gasteiger partial charge in [0.1, 0.15) is 0 Å². The second-order valence-electron chi connectivity index (χ2n) is 6.12. The largest absolute Gasteiger partial charge is 0.378 e. The van der Waals surface area contributed by atoms with Crippen LogP contribution in [0.1, 0.15) is 36.8 Å². The fourth-order valence-electron chi connectivity index (χ4n) is 2.94. The summed E-state index contributed by atoms with van der Waals surface area (Å²) in [7, 11) is 0. The van der Waals surface area contributed by atoms with Gasteiger partial charge < -0.3 is 14.2 Å². The van der Waals surface area contributed by atoms with E-state index in [9.17, 15) is 0 Å². The van der Waals surface area contributed by atoms with Crippen molar-refractivity contribution < 1.29 is 14.2 Å². The first-order chi connectivity index (χ1) is 9.72. The van der Waals surface area contributed by atoms with Crippen LogP contribution in [0.4, 0.5) is 0 Å². The number of rotatable bonds is 2. The molecule has 2 heterocycles. The molecule has 110 valence electrons. The normalized spacial score (nSPS) is 34.9. The van der Waals surface area contributed by atoms with Gasteiger partial charge in [-0.1, -0.05) is 29.8 Å². The summed E-state index contributed by atoms with van der Waals surface area (Å²) in [6.45, 7) is 6.50. The maximum Gasteiger partial charge on any atom is 0.162 e. The molecule has 0 radical (unpaired) electrons. The molecule has 1 aromatic rings. The van der Waals surface area contributed by atoms with Crippen molar-refractivity contribution >= 4 is 0 Å². The zero-order valence-corrected chi connectivity index (χ0v) is 12.4. The topological polar surface area (TPSA) is 27.7 Å². The molecule has 0 aromatic heterocycles. The Balaban J connectivity index is 1.53. The van der Waals surface area contributed by atoms with Crippen LogP contribution in [-0.4, -0.2) is 32.2 Å². The fourth-order valence-corrected chi connectivity index (χ4v) is 2.94. The van der Waals surface area contributed by atoms with Crippen LogP contribution in [0.15, 0.2) is 24.3 Å². The first kappa shape index (κ1) is 14.1. The van der Waals surface area contributed by atoms with Crippen LogP contribution >= 0.6 is 0 Å². The minimum absolute atomic E-state index is 0.0794. The highest BCUT2D eigenvalue weighted by atomic mass is 16.7. The maximum atomic E-state index is 5.95. The van der Waals surface area contributed by atoms with E-state index in [1.165, 1.54) is 11.1 Å². The molecule has 3 rings (SSSR count). The molecule has 2 atom stereocenters. The van der Waals surface area contributed by atoms with E-state index in [2.05, 4.69) is 38.1 Å². The van der Waals surface area contributed by atoms with Crippen LogP contribution in [0.3, 0.4) is 0 Å². The van der Waals surface area contributed by atoms with E-state index in [1.807, 2.05) is 0 Å². The van der Waals surface area contributed by atoms with Gasteiger partial charge in [0, 0.05) is 11.8 Å². The van der Waals surface area contributed by atoms with Crippen LogP contribution in [0.2, 0.25) is 0 Å². The molecule has 2 aliphatic rings. The SMILES string of the molecule is Cc1ccc(C2COC(C3CCC(C)OC3)OC2)cc1. The average Bonchev–Trinajstić information content (AvgIpc) is 2.49. The first-order valence-corrected chi connectivity index (χ1v) is 7.64. The second-order valence-corrected chi connectivity index (χ2v) is 6.12. The van der Waals surface area contributed by atoms with E-state index >= 15 is 0 Å². The van der Waals surface area contributed by atoms with Gasteiger partial charge in [-0.3, -0.25) is 0 Å². The van der Waals surface area contributed by atoms with E-state index in [0.29, 0.717) is 17.9 Å². The summed E-state index contributed by atoms with van der Waals surface area (Å²) >= 11 is 0. The third kappa shape index (κ3) is 3.22. The van der Waals surface area contributed by atoms with Crippen molar-refractivity contribution in [2.45, 2.75) is 45.0 Å². The van der Waals surface area contributed by atoms with Crippen LogP contribution in [0, 0.1) is 12.8 Å². The molecular weight excluding hydrogens is 252 g/mol. The number of benzene rings is 1. The standard InChI is InChI=1S/C17H24O3/c1-12-3-6-14(7-4-12)16-10-19-17(20-11-16)15-8-5-13(2)18-9-15/h3-4,6-7,13,15-17H,5,8-11H2,1-2H3. The smallest absolute Gasteiger partial charge is 0.162 e. The summed E-state index contributed by atoms with van der Waals surface area (Å²) in [5.41, 5.74) is 2.60. The van der Waals surface area contributed by atoms with E-state index in [-0.39, 0.29) is 6.29 Å². The molecular formula is C17H24O3. The molecule has 3 nitrogen and oxygen atoms in total. The molecule has 0 spiro atoms. The zero-order valence-electron chi connectivity index (χ0n) is 12.4. The monoisotopic (exact) mass is 276 g/mol. The Morgan fingerprint density at radius 3 is 2.20 bits per heavy atom. The van der Waals surface area contributed by atoms with Crippen molar-refractivity contribution in [2.24, 2.45) is 5.92 Å². The molecule has 2 unspecified atom stereocenters. The predicted octanol–water partition coefficient (Wildman–Crippen LogP) is 3.27. The third-order valence-corrected chi connectivity index (χ3v) is 4.40. The van der Waals surface area contributed by atoms with Crippen molar-refractivity contribution in [3.63, 3.8) is 0 Å². The van der Waals surface area contributed by atoms with Gasteiger partial charge in [-0.05, 0) is 32.3 Å². The minimum atomic E-state index is -0.0794. The summed E-state index contributed by atoms with van der Waals surface area (Å²) in [5, 5.41) is 0. The minimum Gasteiger partial charge on any atom is -0.378 e. The van der Waals surface area contributed by atoms with Gasteiger partial charge in [0.15, 0.2) is 6.29 Å². The molecule has 2 saturated heterocycles. The number of hydrogen-bond donors (Lipinski definition) is 0. The van der Waals surface area contributed by atoms with Crippen molar-refractivity contribution in [2.75, 3.05) is 19.8 Å². The Kier molecular flexibility index (Phi) is 4.39. The van der Waals surface area contributed by atoms with E-state index in [0.717, 1.165) is 32.7 Å². The van der Waals surface area contributed by atoms with E-state index in [1.54, 1.807) is 0 Å². The highest BCUT2D eigenvalue weighted by molar-refractivity contribution is 5.24. The first-order valence-electron chi connectivity index (χ1n) is 7.64. The summed E-state index contributed by atoms with van der Waals surface area (Å²) in [6.07, 6.45) is 2.55. The van der Waals surface area contributed by atoms with Crippen molar-refractivity contribution in [3.05, 3.63) is 35.4 Å². The van der Waals surface area contributed by atoms with Crippen molar-refractivity contribution in [3.8, 4) is 0 Å². The summed E-state index contributed by atoms with van der Waals surface area (Å²) in [4.78, 5) is 0. The van der Waals surface area contributed by atoms with Gasteiger partial charge in [-0.25, -0.2) is 0 Å². The maximum absolute atomic E-state index is 5.95. The molecule has 0 N–H and O–H groups in total. The molecule has 2 fully saturated rings. The predicted molar refractivity (Wildman–Crippen MR) is 77.8 cm³/mol. The molecule has 1 aromatic carbocycles. The highest BCUT2D eigenvalue weighted by Gasteiger charge is 2.32. The molecule has 2 aliphatic heterocycles. The summed E-state index contributed by atoms with van der Waals surface area (Å²) < 4.78 is 17.6. The number of aryl methyl sites for hydroxylation is 1. The lowest BCUT2D eigenvalue weighted by Crippen LogP contribution is -2.40. The van der Waals surface area contributed by atoms with Gasteiger partial charge in [0.05, 0.1) is 25.9 Å².